The Kier molecular flexibility index (Phi) is 4.82. The van der Waals surface area contributed by atoms with Crippen LogP contribution in [0.3, 0.4) is 0 Å². The smallest absolute Gasteiger partial charge is 0.262 e. The van der Waals surface area contributed by atoms with Gasteiger partial charge in [-0.3, -0.25) is 9.48 Å². The van der Waals surface area contributed by atoms with Gasteiger partial charge in [-0.1, -0.05) is 17.3 Å². The topological polar surface area (TPSA) is 106 Å². The summed E-state index contributed by atoms with van der Waals surface area (Å²) in [7, 11) is 1.83. The molecule has 0 aliphatic heterocycles. The fourth-order valence-electron chi connectivity index (χ4n) is 3.41. The summed E-state index contributed by atoms with van der Waals surface area (Å²) in [5.74, 6) is -2.28. The van der Waals surface area contributed by atoms with Gasteiger partial charge in [0.15, 0.2) is 0 Å². The van der Waals surface area contributed by atoms with Crippen LogP contribution >= 0.6 is 0 Å². The molecule has 2 heterocycles. The number of fused-ring (bicyclic) bond motifs is 1. The maximum atomic E-state index is 13.3. The molecule has 5 aromatic rings. The van der Waals surface area contributed by atoms with E-state index in [-0.39, 0.29) is 28.5 Å². The predicted molar refractivity (Wildman–Crippen MR) is 115 cm³/mol. The number of anilines is 1. The van der Waals surface area contributed by atoms with Crippen molar-refractivity contribution in [1.29, 1.82) is 0 Å². The van der Waals surface area contributed by atoms with E-state index in [1.54, 1.807) is 10.9 Å². The fraction of sp³-hybridized carbons (Fsp3) is 0.0435. The number of hydrogen-bond acceptors (Lipinski definition) is 6. The van der Waals surface area contributed by atoms with Crippen molar-refractivity contribution < 1.29 is 23.2 Å². The van der Waals surface area contributed by atoms with Gasteiger partial charge in [0.2, 0.25) is 5.82 Å². The summed E-state index contributed by atoms with van der Waals surface area (Å²) in [6.45, 7) is 0. The zero-order chi connectivity index (χ0) is 23.1. The molecule has 0 radical (unpaired) electrons. The van der Waals surface area contributed by atoms with E-state index in [1.807, 2.05) is 25.2 Å². The second-order valence-electron chi connectivity index (χ2n) is 7.31. The second-order valence-corrected chi connectivity index (χ2v) is 7.31. The minimum absolute atomic E-state index is 0.0812. The first-order valence-corrected chi connectivity index (χ1v) is 9.74. The summed E-state index contributed by atoms with van der Waals surface area (Å²) < 4.78 is 33.7. The highest BCUT2D eigenvalue weighted by atomic mass is 19.1. The molecule has 8 nitrogen and oxygen atoms in total. The standard InChI is InChI=1S/C23H15F2N5O3/c1-30-19-8-12(2-3-13(19)11-26-30)21-28-23(33-29-21)18-5-4-17(10-20(18)31)27-22(32)14-6-15(24)9-16(25)7-14/h2-11,31H,1H3,(H,27,32). The Hall–Kier alpha value is -4.60. The normalized spacial score (nSPS) is 11.1. The highest BCUT2D eigenvalue weighted by Crippen LogP contribution is 2.32. The molecule has 164 valence electrons. The minimum atomic E-state index is -0.868. The molecule has 0 bridgehead atoms. The van der Waals surface area contributed by atoms with E-state index in [9.17, 15) is 18.7 Å². The van der Waals surface area contributed by atoms with E-state index in [0.717, 1.165) is 23.0 Å². The van der Waals surface area contributed by atoms with Gasteiger partial charge in [0.1, 0.15) is 17.4 Å². The summed E-state index contributed by atoms with van der Waals surface area (Å²) in [5, 5.41) is 22.1. The van der Waals surface area contributed by atoms with Crippen molar-refractivity contribution in [3.63, 3.8) is 0 Å². The number of benzene rings is 3. The average molecular weight is 447 g/mol. The van der Waals surface area contributed by atoms with E-state index >= 15 is 0 Å². The molecule has 0 aliphatic rings. The average Bonchev–Trinajstić information content (AvgIpc) is 3.40. The predicted octanol–water partition coefficient (Wildman–Crippen LogP) is 4.53. The van der Waals surface area contributed by atoms with Crippen LogP contribution in [0.25, 0.3) is 33.7 Å². The number of aryl methyl sites for hydroxylation is 1. The van der Waals surface area contributed by atoms with Gasteiger partial charge in [0.25, 0.3) is 11.8 Å². The zero-order valence-corrected chi connectivity index (χ0v) is 17.1. The van der Waals surface area contributed by atoms with Crippen molar-refractivity contribution in [3.8, 4) is 28.6 Å². The van der Waals surface area contributed by atoms with Gasteiger partial charge >= 0.3 is 0 Å². The molecule has 1 amide bonds. The number of phenols is 1. The van der Waals surface area contributed by atoms with Gasteiger partial charge in [-0.15, -0.1) is 0 Å². The van der Waals surface area contributed by atoms with Crippen LogP contribution in [-0.4, -0.2) is 30.9 Å². The van der Waals surface area contributed by atoms with Crippen molar-refractivity contribution in [2.24, 2.45) is 7.05 Å². The molecule has 5 rings (SSSR count). The first kappa shape index (κ1) is 20.3. The first-order chi connectivity index (χ1) is 15.9. The van der Waals surface area contributed by atoms with Gasteiger partial charge in [0.05, 0.1) is 17.3 Å². The number of carbonyl (C=O) groups is 1. The number of halogens is 2. The van der Waals surface area contributed by atoms with Gasteiger partial charge in [-0.05, 0) is 30.3 Å². The van der Waals surface area contributed by atoms with E-state index in [2.05, 4.69) is 20.6 Å². The van der Waals surface area contributed by atoms with Gasteiger partial charge < -0.3 is 14.9 Å². The molecular formula is C23H15F2N5O3. The van der Waals surface area contributed by atoms with Crippen molar-refractivity contribution in [2.75, 3.05) is 5.32 Å². The number of nitrogens with one attached hydrogen (secondary N) is 1. The lowest BCUT2D eigenvalue weighted by Gasteiger charge is -2.07. The Morgan fingerprint density at radius 2 is 1.85 bits per heavy atom. The Balaban J connectivity index is 1.39. The lowest BCUT2D eigenvalue weighted by atomic mass is 10.1. The van der Waals surface area contributed by atoms with Crippen LogP contribution in [0.15, 0.2) is 65.3 Å². The molecule has 0 saturated carbocycles. The fourth-order valence-corrected chi connectivity index (χ4v) is 3.41. The molecule has 0 fully saturated rings. The van der Waals surface area contributed by atoms with Gasteiger partial charge in [-0.2, -0.15) is 10.1 Å². The molecule has 0 aliphatic carbocycles. The lowest BCUT2D eigenvalue weighted by Crippen LogP contribution is -2.12. The monoisotopic (exact) mass is 447 g/mol. The summed E-state index contributed by atoms with van der Waals surface area (Å²) in [5.41, 5.74) is 1.90. The molecule has 0 saturated heterocycles. The molecule has 0 unspecified atom stereocenters. The van der Waals surface area contributed by atoms with Gasteiger partial charge in [0, 0.05) is 41.4 Å². The Labute approximate surface area is 185 Å². The van der Waals surface area contributed by atoms with Crippen molar-refractivity contribution in [3.05, 3.63) is 78.0 Å². The number of hydrogen-bond donors (Lipinski definition) is 2. The van der Waals surface area contributed by atoms with Crippen LogP contribution in [0.4, 0.5) is 14.5 Å². The van der Waals surface area contributed by atoms with E-state index in [0.29, 0.717) is 17.5 Å². The molecule has 3 aromatic carbocycles. The second kappa shape index (κ2) is 7.83. The van der Waals surface area contributed by atoms with E-state index in [4.69, 9.17) is 4.52 Å². The van der Waals surface area contributed by atoms with Crippen LogP contribution in [-0.2, 0) is 7.05 Å². The third-order valence-corrected chi connectivity index (χ3v) is 5.04. The molecule has 2 aromatic heterocycles. The van der Waals surface area contributed by atoms with Crippen molar-refractivity contribution >= 4 is 22.5 Å². The van der Waals surface area contributed by atoms with E-state index in [1.165, 1.54) is 18.2 Å². The molecular weight excluding hydrogens is 432 g/mol. The summed E-state index contributed by atoms with van der Waals surface area (Å²) in [6.07, 6.45) is 1.75. The molecule has 0 atom stereocenters. The quantitative estimate of drug-likeness (QED) is 0.419. The van der Waals surface area contributed by atoms with Crippen LogP contribution in [0, 0.1) is 11.6 Å². The van der Waals surface area contributed by atoms with Crippen LogP contribution < -0.4 is 5.32 Å². The SMILES string of the molecule is Cn1ncc2ccc(-c3noc(-c4ccc(NC(=O)c5cc(F)cc(F)c5)cc4O)n3)cc21. The van der Waals surface area contributed by atoms with Gasteiger partial charge in [-0.25, -0.2) is 8.78 Å². The summed E-state index contributed by atoms with van der Waals surface area (Å²) in [6, 6.07) is 12.4. The number of aromatic nitrogens is 4. The van der Waals surface area contributed by atoms with Crippen LogP contribution in [0.5, 0.6) is 5.75 Å². The molecule has 0 spiro atoms. The summed E-state index contributed by atoms with van der Waals surface area (Å²) >= 11 is 0. The number of amides is 1. The number of phenolic OH excluding ortho intramolecular Hbond substituents is 1. The maximum absolute atomic E-state index is 13.3. The Morgan fingerprint density at radius 1 is 1.06 bits per heavy atom. The highest BCUT2D eigenvalue weighted by Gasteiger charge is 2.16. The number of rotatable bonds is 4. The molecule has 10 heteroatoms. The lowest BCUT2D eigenvalue weighted by molar-refractivity contribution is 0.102. The van der Waals surface area contributed by atoms with Crippen molar-refractivity contribution in [1.82, 2.24) is 19.9 Å². The number of nitrogens with zero attached hydrogens (tertiary/aromatic N) is 4. The third kappa shape index (κ3) is 3.89. The minimum Gasteiger partial charge on any atom is -0.507 e. The Morgan fingerprint density at radius 3 is 2.61 bits per heavy atom. The molecule has 33 heavy (non-hydrogen) atoms. The number of carbonyl (C=O) groups excluding carboxylic acids is 1. The Bertz CT molecular complexity index is 1510. The number of aromatic hydroxyl groups is 1. The first-order valence-electron chi connectivity index (χ1n) is 9.74. The highest BCUT2D eigenvalue weighted by molar-refractivity contribution is 6.04. The van der Waals surface area contributed by atoms with E-state index < -0.39 is 17.5 Å². The zero-order valence-electron chi connectivity index (χ0n) is 17.1. The largest absolute Gasteiger partial charge is 0.507 e. The van der Waals surface area contributed by atoms with Crippen LogP contribution in [0.2, 0.25) is 0 Å². The van der Waals surface area contributed by atoms with Crippen LogP contribution in [0.1, 0.15) is 10.4 Å². The molecule has 2 N–H and O–H groups in total. The maximum Gasteiger partial charge on any atom is 0.262 e. The summed E-state index contributed by atoms with van der Waals surface area (Å²) in [4.78, 5) is 16.6. The third-order valence-electron chi connectivity index (χ3n) is 5.04. The van der Waals surface area contributed by atoms with Crippen molar-refractivity contribution in [2.45, 2.75) is 0 Å².